The highest BCUT2D eigenvalue weighted by Gasteiger charge is 2.11. The average molecular weight is 330 g/mol. The van der Waals surface area contributed by atoms with Gasteiger partial charge in [0.2, 0.25) is 10.0 Å². The standard InChI is InChI=1S/C17H18N2O3S/c1-14-5-9-17(10-6-14)23(20,21)19-11-3-4-12-22-16-8-7-15(2)18-13-16/h5-10,13,19H,11-12H2,1-2H3. The van der Waals surface area contributed by atoms with E-state index in [2.05, 4.69) is 21.5 Å². The molecule has 1 aromatic carbocycles. The lowest BCUT2D eigenvalue weighted by atomic mass is 10.2. The fourth-order valence-electron chi connectivity index (χ4n) is 1.70. The fraction of sp³-hybridized carbons (Fsp3) is 0.235. The Hall–Kier alpha value is -2.36. The van der Waals surface area contributed by atoms with Crippen LogP contribution in [-0.2, 0) is 10.0 Å². The first kappa shape index (κ1) is 17.0. The van der Waals surface area contributed by atoms with E-state index in [-0.39, 0.29) is 18.0 Å². The Morgan fingerprint density at radius 1 is 1.09 bits per heavy atom. The van der Waals surface area contributed by atoms with Gasteiger partial charge in [0, 0.05) is 5.69 Å². The monoisotopic (exact) mass is 330 g/mol. The maximum Gasteiger partial charge on any atom is 0.241 e. The van der Waals surface area contributed by atoms with Crippen LogP contribution in [0.5, 0.6) is 5.75 Å². The minimum Gasteiger partial charge on any atom is -0.479 e. The predicted octanol–water partition coefficient (Wildman–Crippen LogP) is 2.06. The van der Waals surface area contributed by atoms with Crippen molar-refractivity contribution in [1.29, 1.82) is 0 Å². The number of benzene rings is 1. The van der Waals surface area contributed by atoms with Gasteiger partial charge in [0.05, 0.1) is 17.6 Å². The molecule has 0 bridgehead atoms. The lowest BCUT2D eigenvalue weighted by Crippen LogP contribution is -2.24. The molecule has 2 rings (SSSR count). The zero-order valence-electron chi connectivity index (χ0n) is 13.0. The second kappa shape index (κ2) is 7.77. The third kappa shape index (κ3) is 5.40. The van der Waals surface area contributed by atoms with Crippen LogP contribution in [0.25, 0.3) is 0 Å². The molecule has 1 aromatic heterocycles. The summed E-state index contributed by atoms with van der Waals surface area (Å²) in [4.78, 5) is 4.33. The van der Waals surface area contributed by atoms with Crippen LogP contribution in [0.3, 0.4) is 0 Å². The van der Waals surface area contributed by atoms with Crippen molar-refractivity contribution >= 4 is 10.0 Å². The summed E-state index contributed by atoms with van der Waals surface area (Å²) < 4.78 is 31.8. The lowest BCUT2D eigenvalue weighted by molar-refractivity contribution is 0.368. The molecule has 6 heteroatoms. The zero-order valence-corrected chi connectivity index (χ0v) is 13.9. The summed E-state index contributed by atoms with van der Waals surface area (Å²) in [5, 5.41) is 0. The molecule has 1 heterocycles. The molecule has 23 heavy (non-hydrogen) atoms. The van der Waals surface area contributed by atoms with Crippen molar-refractivity contribution in [2.24, 2.45) is 0 Å². The molecule has 0 aliphatic heterocycles. The number of nitrogens with zero attached hydrogens (tertiary/aromatic N) is 1. The van der Waals surface area contributed by atoms with E-state index < -0.39 is 10.0 Å². The third-order valence-corrected chi connectivity index (χ3v) is 4.42. The van der Waals surface area contributed by atoms with Gasteiger partial charge in [-0.05, 0) is 38.1 Å². The van der Waals surface area contributed by atoms with Crippen molar-refractivity contribution in [1.82, 2.24) is 9.71 Å². The van der Waals surface area contributed by atoms with Crippen molar-refractivity contribution in [3.63, 3.8) is 0 Å². The Bertz CT molecular complexity index is 802. The predicted molar refractivity (Wildman–Crippen MR) is 88.6 cm³/mol. The van der Waals surface area contributed by atoms with Crippen LogP contribution >= 0.6 is 0 Å². The molecule has 0 unspecified atom stereocenters. The number of hydrogen-bond donors (Lipinski definition) is 1. The number of aryl methyl sites for hydroxylation is 2. The Balaban J connectivity index is 1.80. The van der Waals surface area contributed by atoms with Crippen LogP contribution in [0.4, 0.5) is 0 Å². The van der Waals surface area contributed by atoms with E-state index in [0.717, 1.165) is 11.3 Å². The maximum absolute atomic E-state index is 12.0. The maximum atomic E-state index is 12.0. The van der Waals surface area contributed by atoms with E-state index in [4.69, 9.17) is 4.74 Å². The van der Waals surface area contributed by atoms with Gasteiger partial charge in [0.15, 0.2) is 0 Å². The number of sulfonamides is 1. The topological polar surface area (TPSA) is 68.3 Å². The van der Waals surface area contributed by atoms with Crippen LogP contribution in [0.2, 0.25) is 0 Å². The van der Waals surface area contributed by atoms with Gasteiger partial charge in [-0.15, -0.1) is 0 Å². The fourth-order valence-corrected chi connectivity index (χ4v) is 2.63. The summed E-state index contributed by atoms with van der Waals surface area (Å²) in [5.41, 5.74) is 1.92. The van der Waals surface area contributed by atoms with E-state index in [0.29, 0.717) is 5.75 Å². The number of rotatable bonds is 5. The average Bonchev–Trinajstić information content (AvgIpc) is 2.53. The molecule has 120 valence electrons. The lowest BCUT2D eigenvalue weighted by Gasteiger charge is -2.04. The minimum atomic E-state index is -3.52. The summed E-state index contributed by atoms with van der Waals surface area (Å²) in [6, 6.07) is 10.3. The number of aromatic nitrogens is 1. The normalized spacial score (nSPS) is 10.7. The second-order valence-electron chi connectivity index (χ2n) is 4.92. The third-order valence-electron chi connectivity index (χ3n) is 3.00. The highest BCUT2D eigenvalue weighted by molar-refractivity contribution is 7.89. The van der Waals surface area contributed by atoms with Crippen LogP contribution in [0.15, 0.2) is 47.5 Å². The molecule has 2 aromatic rings. The van der Waals surface area contributed by atoms with Crippen LogP contribution in [-0.4, -0.2) is 26.6 Å². The molecular weight excluding hydrogens is 312 g/mol. The van der Waals surface area contributed by atoms with Crippen molar-refractivity contribution < 1.29 is 13.2 Å². The van der Waals surface area contributed by atoms with Gasteiger partial charge in [-0.25, -0.2) is 8.42 Å². The van der Waals surface area contributed by atoms with Crippen LogP contribution in [0, 0.1) is 25.7 Å². The minimum absolute atomic E-state index is 0.0334. The number of ether oxygens (including phenoxy) is 1. The molecule has 1 N–H and O–H groups in total. The first-order valence-electron chi connectivity index (χ1n) is 7.05. The molecule has 0 amide bonds. The molecule has 0 aliphatic carbocycles. The number of hydrogen-bond acceptors (Lipinski definition) is 4. The summed E-state index contributed by atoms with van der Waals surface area (Å²) in [6.45, 7) is 4.01. The smallest absolute Gasteiger partial charge is 0.241 e. The molecule has 0 spiro atoms. The largest absolute Gasteiger partial charge is 0.479 e. The molecule has 0 saturated heterocycles. The van der Waals surface area contributed by atoms with Gasteiger partial charge in [-0.1, -0.05) is 29.5 Å². The SMILES string of the molecule is Cc1ccc(S(=O)(=O)NCC#CCOc2ccc(C)nc2)cc1. The molecule has 0 aliphatic rings. The van der Waals surface area contributed by atoms with Gasteiger partial charge in [0.25, 0.3) is 0 Å². The molecule has 0 atom stereocenters. The Morgan fingerprint density at radius 3 is 2.48 bits per heavy atom. The summed E-state index contributed by atoms with van der Waals surface area (Å²) in [6.07, 6.45) is 1.62. The van der Waals surface area contributed by atoms with Gasteiger partial charge < -0.3 is 4.74 Å². The Kier molecular flexibility index (Phi) is 5.74. The van der Waals surface area contributed by atoms with Gasteiger partial charge in [0.1, 0.15) is 12.4 Å². The van der Waals surface area contributed by atoms with Gasteiger partial charge in [-0.2, -0.15) is 4.72 Å². The van der Waals surface area contributed by atoms with Crippen LogP contribution in [0.1, 0.15) is 11.3 Å². The molecule has 0 radical (unpaired) electrons. The highest BCUT2D eigenvalue weighted by atomic mass is 32.2. The van der Waals surface area contributed by atoms with Crippen LogP contribution < -0.4 is 9.46 Å². The quantitative estimate of drug-likeness (QED) is 0.852. The number of nitrogens with one attached hydrogen (secondary N) is 1. The van der Waals surface area contributed by atoms with Crippen molar-refractivity contribution in [3.8, 4) is 17.6 Å². The first-order valence-corrected chi connectivity index (χ1v) is 8.53. The van der Waals surface area contributed by atoms with Crippen molar-refractivity contribution in [3.05, 3.63) is 53.9 Å². The van der Waals surface area contributed by atoms with Gasteiger partial charge >= 0.3 is 0 Å². The molecule has 0 saturated carbocycles. The Morgan fingerprint density at radius 2 is 1.83 bits per heavy atom. The van der Waals surface area contributed by atoms with E-state index in [1.807, 2.05) is 26.0 Å². The van der Waals surface area contributed by atoms with Gasteiger partial charge in [-0.3, -0.25) is 4.98 Å². The molecular formula is C17H18N2O3S. The number of pyridine rings is 1. The van der Waals surface area contributed by atoms with Crippen molar-refractivity contribution in [2.75, 3.05) is 13.2 Å². The molecule has 0 fully saturated rings. The van der Waals surface area contributed by atoms with E-state index in [9.17, 15) is 8.42 Å². The van der Waals surface area contributed by atoms with E-state index >= 15 is 0 Å². The van der Waals surface area contributed by atoms with E-state index in [1.54, 1.807) is 30.5 Å². The summed E-state index contributed by atoms with van der Waals surface area (Å²) in [7, 11) is -3.52. The second-order valence-corrected chi connectivity index (χ2v) is 6.68. The summed E-state index contributed by atoms with van der Waals surface area (Å²) in [5.74, 6) is 6.10. The Labute approximate surface area is 136 Å². The first-order chi connectivity index (χ1) is 11.0. The van der Waals surface area contributed by atoms with E-state index in [1.165, 1.54) is 0 Å². The highest BCUT2D eigenvalue weighted by Crippen LogP contribution is 2.09. The summed E-state index contributed by atoms with van der Waals surface area (Å²) >= 11 is 0. The zero-order chi connectivity index (χ0) is 16.7. The molecule has 5 nitrogen and oxygen atoms in total. The van der Waals surface area contributed by atoms with Crippen molar-refractivity contribution in [2.45, 2.75) is 18.7 Å².